The van der Waals surface area contributed by atoms with Gasteiger partial charge in [0, 0.05) is 6.54 Å². The van der Waals surface area contributed by atoms with Gasteiger partial charge in [0.15, 0.2) is 0 Å². The number of rotatable bonds is 2. The molecule has 1 fully saturated rings. The summed E-state index contributed by atoms with van der Waals surface area (Å²) in [4.78, 5) is 13.7. The van der Waals surface area contributed by atoms with E-state index in [1.807, 2.05) is 32.4 Å². The monoisotopic (exact) mass is 354 g/mol. The van der Waals surface area contributed by atoms with Crippen LogP contribution in [0.2, 0.25) is 19.6 Å². The minimum Gasteiger partial charge on any atom is -0.444 e. The molecule has 24 heavy (non-hydrogen) atoms. The SMILES string of the molecule is Cc1c([Si](C)(C)C)nnn1[C@H]1CCN(C(=O)OC(C)(C)C)C[C@H]1O. The Bertz CT molecular complexity index is 603. The minimum absolute atomic E-state index is 0.152. The Morgan fingerprint density at radius 2 is 1.96 bits per heavy atom. The number of piperidine rings is 1. The molecule has 1 amide bonds. The largest absolute Gasteiger partial charge is 0.444 e. The number of aromatic nitrogens is 3. The summed E-state index contributed by atoms with van der Waals surface area (Å²) in [6, 6.07) is -0.152. The second kappa shape index (κ2) is 6.48. The Morgan fingerprint density at radius 1 is 1.33 bits per heavy atom. The van der Waals surface area contributed by atoms with E-state index >= 15 is 0 Å². The van der Waals surface area contributed by atoms with Crippen molar-refractivity contribution in [2.75, 3.05) is 13.1 Å². The highest BCUT2D eigenvalue weighted by molar-refractivity contribution is 6.88. The third-order valence-corrected chi connectivity index (χ3v) is 6.03. The molecule has 0 aliphatic carbocycles. The summed E-state index contributed by atoms with van der Waals surface area (Å²) in [5, 5.41) is 20.3. The third kappa shape index (κ3) is 4.16. The Kier molecular flexibility index (Phi) is 5.10. The van der Waals surface area contributed by atoms with Gasteiger partial charge in [0.05, 0.1) is 29.7 Å². The second-order valence-electron chi connectivity index (χ2n) is 8.57. The van der Waals surface area contributed by atoms with Crippen LogP contribution >= 0.6 is 0 Å². The second-order valence-corrected chi connectivity index (χ2v) is 13.5. The highest BCUT2D eigenvalue weighted by atomic mass is 28.3. The van der Waals surface area contributed by atoms with Gasteiger partial charge in [-0.2, -0.15) is 0 Å². The summed E-state index contributed by atoms with van der Waals surface area (Å²) in [5.74, 6) is 0. The van der Waals surface area contributed by atoms with Crippen molar-refractivity contribution in [3.05, 3.63) is 5.69 Å². The zero-order valence-corrected chi connectivity index (χ0v) is 16.8. The highest BCUT2D eigenvalue weighted by Gasteiger charge is 2.36. The van der Waals surface area contributed by atoms with Gasteiger partial charge in [-0.05, 0) is 34.1 Å². The fraction of sp³-hybridized carbons (Fsp3) is 0.812. The molecule has 1 aromatic heterocycles. The molecule has 7 nitrogen and oxygen atoms in total. The zero-order valence-electron chi connectivity index (χ0n) is 15.8. The number of aliphatic hydroxyl groups excluding tert-OH is 1. The van der Waals surface area contributed by atoms with Gasteiger partial charge >= 0.3 is 6.09 Å². The van der Waals surface area contributed by atoms with Crippen molar-refractivity contribution < 1.29 is 14.6 Å². The van der Waals surface area contributed by atoms with Crippen molar-refractivity contribution in [3.8, 4) is 0 Å². The molecule has 1 saturated heterocycles. The van der Waals surface area contributed by atoms with Crippen molar-refractivity contribution in [1.29, 1.82) is 0 Å². The number of carbonyl (C=O) groups excluding carboxylic acids is 1. The van der Waals surface area contributed by atoms with Crippen LogP contribution in [0.25, 0.3) is 0 Å². The normalized spacial score (nSPS) is 22.6. The average Bonchev–Trinajstić information content (AvgIpc) is 2.78. The van der Waals surface area contributed by atoms with Crippen LogP contribution in [0.3, 0.4) is 0 Å². The van der Waals surface area contributed by atoms with Crippen LogP contribution in [0.1, 0.15) is 38.9 Å². The van der Waals surface area contributed by atoms with E-state index in [9.17, 15) is 9.90 Å². The lowest BCUT2D eigenvalue weighted by Gasteiger charge is -2.36. The molecule has 1 aliphatic rings. The quantitative estimate of drug-likeness (QED) is 0.817. The van der Waals surface area contributed by atoms with Crippen molar-refractivity contribution in [2.24, 2.45) is 0 Å². The topological polar surface area (TPSA) is 80.5 Å². The van der Waals surface area contributed by atoms with Gasteiger partial charge in [-0.1, -0.05) is 24.9 Å². The Labute approximate surface area is 145 Å². The van der Waals surface area contributed by atoms with E-state index in [4.69, 9.17) is 4.74 Å². The first kappa shape index (κ1) is 18.9. The van der Waals surface area contributed by atoms with Gasteiger partial charge in [0.1, 0.15) is 13.7 Å². The molecule has 8 heteroatoms. The molecular formula is C16H30N4O3Si. The number of nitrogens with zero attached hydrogens (tertiary/aromatic N) is 4. The van der Waals surface area contributed by atoms with Crippen molar-refractivity contribution in [3.63, 3.8) is 0 Å². The van der Waals surface area contributed by atoms with E-state index in [1.165, 1.54) is 0 Å². The van der Waals surface area contributed by atoms with Crippen LogP contribution in [-0.2, 0) is 4.74 Å². The summed E-state index contributed by atoms with van der Waals surface area (Å²) in [5.41, 5.74) is 0.497. The van der Waals surface area contributed by atoms with Gasteiger partial charge in [0.2, 0.25) is 0 Å². The zero-order chi connectivity index (χ0) is 18.3. The molecule has 0 saturated carbocycles. The molecule has 0 unspecified atom stereocenters. The lowest BCUT2D eigenvalue weighted by atomic mass is 10.0. The van der Waals surface area contributed by atoms with Gasteiger partial charge in [-0.3, -0.25) is 0 Å². The molecule has 1 aliphatic heterocycles. The maximum absolute atomic E-state index is 12.2. The van der Waals surface area contributed by atoms with E-state index in [0.717, 1.165) is 11.0 Å². The summed E-state index contributed by atoms with van der Waals surface area (Å²) >= 11 is 0. The number of ether oxygens (including phenoxy) is 1. The van der Waals surface area contributed by atoms with Crippen molar-refractivity contribution in [2.45, 2.75) is 71.5 Å². The number of likely N-dealkylation sites (tertiary alicyclic amines) is 1. The number of aliphatic hydroxyl groups is 1. The Morgan fingerprint density at radius 3 is 2.42 bits per heavy atom. The minimum atomic E-state index is -1.56. The van der Waals surface area contributed by atoms with Crippen LogP contribution in [0.4, 0.5) is 4.79 Å². The van der Waals surface area contributed by atoms with Crippen LogP contribution in [0.5, 0.6) is 0 Å². The molecule has 0 radical (unpaired) electrons. The Hall–Kier alpha value is -1.41. The molecular weight excluding hydrogens is 324 g/mol. The van der Waals surface area contributed by atoms with E-state index < -0.39 is 19.8 Å². The first-order chi connectivity index (χ1) is 10.9. The number of hydrogen-bond acceptors (Lipinski definition) is 5. The Balaban J connectivity index is 2.10. The molecule has 0 aromatic carbocycles. The van der Waals surface area contributed by atoms with Gasteiger partial charge in [-0.25, -0.2) is 9.48 Å². The molecule has 0 spiro atoms. The van der Waals surface area contributed by atoms with Gasteiger partial charge in [0.25, 0.3) is 0 Å². The maximum Gasteiger partial charge on any atom is 0.410 e. The van der Waals surface area contributed by atoms with Gasteiger partial charge in [-0.15, -0.1) is 5.10 Å². The van der Waals surface area contributed by atoms with Gasteiger partial charge < -0.3 is 14.7 Å². The van der Waals surface area contributed by atoms with Crippen LogP contribution in [0.15, 0.2) is 0 Å². The number of β-amino-alcohol motifs (C(OH)–C–C–N with tert-alkyl or cyclic N) is 1. The molecule has 2 atom stereocenters. The van der Waals surface area contributed by atoms with E-state index in [0.29, 0.717) is 13.0 Å². The molecule has 2 heterocycles. The highest BCUT2D eigenvalue weighted by Crippen LogP contribution is 2.25. The first-order valence-electron chi connectivity index (χ1n) is 8.48. The van der Waals surface area contributed by atoms with E-state index in [-0.39, 0.29) is 18.7 Å². The lowest BCUT2D eigenvalue weighted by molar-refractivity contribution is -0.0123. The average molecular weight is 355 g/mol. The van der Waals surface area contributed by atoms with Crippen LogP contribution in [0, 0.1) is 6.92 Å². The smallest absolute Gasteiger partial charge is 0.410 e. The first-order valence-corrected chi connectivity index (χ1v) is 12.0. The van der Waals surface area contributed by atoms with E-state index in [2.05, 4.69) is 30.0 Å². The summed E-state index contributed by atoms with van der Waals surface area (Å²) in [6.07, 6.45) is -0.422. The van der Waals surface area contributed by atoms with Crippen LogP contribution < -0.4 is 5.32 Å². The fourth-order valence-corrected chi connectivity index (χ4v) is 4.59. The number of amides is 1. The predicted molar refractivity (Wildman–Crippen MR) is 95.2 cm³/mol. The maximum atomic E-state index is 12.2. The van der Waals surface area contributed by atoms with Crippen molar-refractivity contribution in [1.82, 2.24) is 19.9 Å². The standard InChI is InChI=1S/C16H30N4O3Si/c1-11-14(24(5,6)7)17-18-20(11)12-8-9-19(10-13(12)21)15(22)23-16(2,3)4/h12-13,21H,8-10H2,1-7H3/t12-,13+/m0/s1. The lowest BCUT2D eigenvalue weighted by Crippen LogP contribution is -2.49. The predicted octanol–water partition coefficient (Wildman–Crippen LogP) is 1.67. The summed E-state index contributed by atoms with van der Waals surface area (Å²) < 4.78 is 7.22. The summed E-state index contributed by atoms with van der Waals surface area (Å²) in [6.45, 7) is 15.0. The van der Waals surface area contributed by atoms with Crippen molar-refractivity contribution >= 4 is 19.5 Å². The molecule has 1 aromatic rings. The number of carbonyl (C=O) groups is 1. The number of hydrogen-bond donors (Lipinski definition) is 1. The fourth-order valence-electron chi connectivity index (χ4n) is 3.05. The third-order valence-electron chi connectivity index (χ3n) is 4.15. The molecule has 0 bridgehead atoms. The van der Waals surface area contributed by atoms with E-state index in [1.54, 1.807) is 4.90 Å². The molecule has 136 valence electrons. The summed E-state index contributed by atoms with van der Waals surface area (Å²) in [7, 11) is -1.56. The van der Waals surface area contributed by atoms with Crippen LogP contribution in [-0.4, -0.2) is 64.0 Å². The molecule has 1 N–H and O–H groups in total. The molecule has 2 rings (SSSR count).